The second kappa shape index (κ2) is 4.17. The third-order valence-electron chi connectivity index (χ3n) is 1.77. The molecule has 0 bridgehead atoms. The van der Waals surface area contributed by atoms with Crippen molar-refractivity contribution in [2.75, 3.05) is 0 Å². The van der Waals surface area contributed by atoms with E-state index in [1.54, 1.807) is 13.0 Å². The summed E-state index contributed by atoms with van der Waals surface area (Å²) in [7, 11) is 0. The minimum absolute atomic E-state index is 0.0880. The van der Waals surface area contributed by atoms with Crippen molar-refractivity contribution >= 4 is 5.52 Å². The SMILES string of the molecule is CC.Cc1ccn2ncc(F)c2c1F. The molecule has 2 aromatic rings. The number of rotatable bonds is 0. The molecule has 0 spiro atoms. The summed E-state index contributed by atoms with van der Waals surface area (Å²) in [6.07, 6.45) is 2.52. The summed E-state index contributed by atoms with van der Waals surface area (Å²) >= 11 is 0. The monoisotopic (exact) mass is 198 g/mol. The smallest absolute Gasteiger partial charge is 0.171 e. The zero-order valence-electron chi connectivity index (χ0n) is 8.38. The number of aryl methyl sites for hydroxylation is 1. The van der Waals surface area contributed by atoms with E-state index < -0.39 is 11.6 Å². The summed E-state index contributed by atoms with van der Waals surface area (Å²) in [6.45, 7) is 5.59. The van der Waals surface area contributed by atoms with Gasteiger partial charge in [0.05, 0.1) is 6.20 Å². The number of nitrogens with zero attached hydrogens (tertiary/aromatic N) is 2. The lowest BCUT2D eigenvalue weighted by Gasteiger charge is -1.97. The Bertz CT molecular complexity index is 435. The average molecular weight is 198 g/mol. The van der Waals surface area contributed by atoms with Crippen LogP contribution in [0.3, 0.4) is 0 Å². The highest BCUT2D eigenvalue weighted by Crippen LogP contribution is 2.15. The van der Waals surface area contributed by atoms with Crippen molar-refractivity contribution in [3.63, 3.8) is 0 Å². The van der Waals surface area contributed by atoms with E-state index in [2.05, 4.69) is 5.10 Å². The van der Waals surface area contributed by atoms with Gasteiger partial charge >= 0.3 is 0 Å². The first kappa shape index (κ1) is 10.6. The molecule has 0 radical (unpaired) electrons. The molecule has 0 fully saturated rings. The Labute approximate surface area is 81.2 Å². The minimum atomic E-state index is -0.629. The molecule has 0 atom stereocenters. The van der Waals surface area contributed by atoms with Crippen LogP contribution in [0.5, 0.6) is 0 Å². The lowest BCUT2D eigenvalue weighted by molar-refractivity contribution is 0.597. The molecule has 4 heteroatoms. The van der Waals surface area contributed by atoms with Gasteiger partial charge in [0, 0.05) is 6.20 Å². The fourth-order valence-corrected chi connectivity index (χ4v) is 1.10. The van der Waals surface area contributed by atoms with Gasteiger partial charge in [0.1, 0.15) is 5.52 Å². The van der Waals surface area contributed by atoms with Crippen LogP contribution in [0.1, 0.15) is 19.4 Å². The molecule has 0 saturated heterocycles. The van der Waals surface area contributed by atoms with Crippen LogP contribution in [0, 0.1) is 18.6 Å². The molecule has 2 nitrogen and oxygen atoms in total. The lowest BCUT2D eigenvalue weighted by Crippen LogP contribution is -1.92. The maximum atomic E-state index is 13.2. The first-order valence-corrected chi connectivity index (χ1v) is 4.48. The minimum Gasteiger partial charge on any atom is -0.235 e. The Morgan fingerprint density at radius 2 is 1.93 bits per heavy atom. The second-order valence-corrected chi connectivity index (χ2v) is 2.60. The summed E-state index contributed by atoms with van der Waals surface area (Å²) in [5.41, 5.74) is 0.330. The Morgan fingerprint density at radius 1 is 1.29 bits per heavy atom. The van der Waals surface area contributed by atoms with E-state index in [4.69, 9.17) is 0 Å². The first-order valence-electron chi connectivity index (χ1n) is 4.48. The van der Waals surface area contributed by atoms with Crippen LogP contribution in [0.25, 0.3) is 5.52 Å². The van der Waals surface area contributed by atoms with Crippen molar-refractivity contribution in [1.29, 1.82) is 0 Å². The van der Waals surface area contributed by atoms with E-state index in [1.165, 1.54) is 10.7 Å². The van der Waals surface area contributed by atoms with Gasteiger partial charge in [0.25, 0.3) is 0 Å². The van der Waals surface area contributed by atoms with E-state index in [0.29, 0.717) is 5.56 Å². The van der Waals surface area contributed by atoms with E-state index in [-0.39, 0.29) is 5.52 Å². The van der Waals surface area contributed by atoms with E-state index in [1.807, 2.05) is 13.8 Å². The second-order valence-electron chi connectivity index (χ2n) is 2.60. The van der Waals surface area contributed by atoms with Crippen LogP contribution in [0.4, 0.5) is 8.78 Å². The van der Waals surface area contributed by atoms with Gasteiger partial charge in [-0.1, -0.05) is 13.8 Å². The summed E-state index contributed by atoms with van der Waals surface area (Å²) < 4.78 is 27.2. The maximum absolute atomic E-state index is 13.2. The number of aromatic nitrogens is 2. The van der Waals surface area contributed by atoms with Crippen molar-refractivity contribution in [2.24, 2.45) is 0 Å². The Balaban J connectivity index is 0.000000461. The zero-order valence-corrected chi connectivity index (χ0v) is 8.38. The molecule has 0 N–H and O–H groups in total. The van der Waals surface area contributed by atoms with Gasteiger partial charge in [-0.05, 0) is 18.6 Å². The highest BCUT2D eigenvalue weighted by atomic mass is 19.1. The third kappa shape index (κ3) is 1.60. The number of hydrogen-bond acceptors (Lipinski definition) is 1. The lowest BCUT2D eigenvalue weighted by atomic mass is 10.2. The van der Waals surface area contributed by atoms with Gasteiger partial charge < -0.3 is 0 Å². The molecule has 2 heterocycles. The number of hydrogen-bond donors (Lipinski definition) is 0. The fourth-order valence-electron chi connectivity index (χ4n) is 1.10. The predicted octanol–water partition coefficient (Wildman–Crippen LogP) is 2.95. The van der Waals surface area contributed by atoms with E-state index in [9.17, 15) is 8.78 Å². The molecule has 0 aliphatic rings. The largest absolute Gasteiger partial charge is 0.235 e. The number of pyridine rings is 1. The molecule has 2 aromatic heterocycles. The van der Waals surface area contributed by atoms with Crippen molar-refractivity contribution in [3.05, 3.63) is 35.7 Å². The van der Waals surface area contributed by atoms with Crippen LogP contribution in [-0.4, -0.2) is 9.61 Å². The summed E-state index contributed by atoms with van der Waals surface area (Å²) in [5.74, 6) is -1.18. The number of fused-ring (bicyclic) bond motifs is 1. The normalized spacial score (nSPS) is 9.79. The predicted molar refractivity (Wildman–Crippen MR) is 51.2 cm³/mol. The molecule has 0 unspecified atom stereocenters. The summed E-state index contributed by atoms with van der Waals surface area (Å²) in [5, 5.41) is 3.62. The molecule has 14 heavy (non-hydrogen) atoms. The van der Waals surface area contributed by atoms with Crippen LogP contribution in [0.2, 0.25) is 0 Å². The Hall–Kier alpha value is -1.45. The van der Waals surface area contributed by atoms with Gasteiger partial charge in [-0.3, -0.25) is 0 Å². The molecule has 76 valence electrons. The average Bonchev–Trinajstić information content (AvgIpc) is 2.58. The van der Waals surface area contributed by atoms with Crippen molar-refractivity contribution in [2.45, 2.75) is 20.8 Å². The quantitative estimate of drug-likeness (QED) is 0.636. The highest BCUT2D eigenvalue weighted by Gasteiger charge is 2.09. The standard InChI is InChI=1S/C8H6F2N2.C2H6/c1-5-2-3-12-8(7(5)10)6(9)4-11-12;1-2/h2-4H,1H3;1-2H3. The van der Waals surface area contributed by atoms with E-state index >= 15 is 0 Å². The van der Waals surface area contributed by atoms with Crippen LogP contribution >= 0.6 is 0 Å². The summed E-state index contributed by atoms with van der Waals surface area (Å²) in [6, 6.07) is 1.55. The molecule has 0 aliphatic heterocycles. The molecular formula is C10H12F2N2. The van der Waals surface area contributed by atoms with Crippen LogP contribution < -0.4 is 0 Å². The van der Waals surface area contributed by atoms with Gasteiger partial charge in [0.2, 0.25) is 0 Å². The zero-order chi connectivity index (χ0) is 10.7. The molecule has 0 aliphatic carbocycles. The maximum Gasteiger partial charge on any atom is 0.171 e. The third-order valence-corrected chi connectivity index (χ3v) is 1.77. The highest BCUT2D eigenvalue weighted by molar-refractivity contribution is 5.50. The Kier molecular flexibility index (Phi) is 3.17. The first-order chi connectivity index (χ1) is 6.70. The molecule has 0 saturated carbocycles. The van der Waals surface area contributed by atoms with Crippen LogP contribution in [-0.2, 0) is 0 Å². The van der Waals surface area contributed by atoms with Crippen molar-refractivity contribution in [1.82, 2.24) is 9.61 Å². The van der Waals surface area contributed by atoms with Gasteiger partial charge in [-0.15, -0.1) is 0 Å². The molecule has 2 rings (SSSR count). The van der Waals surface area contributed by atoms with Gasteiger partial charge in [-0.2, -0.15) is 5.10 Å². The molecular weight excluding hydrogens is 186 g/mol. The number of halogens is 2. The molecule has 0 amide bonds. The Morgan fingerprint density at radius 3 is 2.57 bits per heavy atom. The topological polar surface area (TPSA) is 17.3 Å². The van der Waals surface area contributed by atoms with Crippen LogP contribution in [0.15, 0.2) is 18.5 Å². The van der Waals surface area contributed by atoms with Gasteiger partial charge in [-0.25, -0.2) is 13.3 Å². The van der Waals surface area contributed by atoms with Gasteiger partial charge in [0.15, 0.2) is 11.6 Å². The molecule has 0 aromatic carbocycles. The van der Waals surface area contributed by atoms with E-state index in [0.717, 1.165) is 6.20 Å². The summed E-state index contributed by atoms with van der Waals surface area (Å²) in [4.78, 5) is 0. The van der Waals surface area contributed by atoms with Crippen molar-refractivity contribution < 1.29 is 8.78 Å². The van der Waals surface area contributed by atoms with Crippen molar-refractivity contribution in [3.8, 4) is 0 Å². The fraction of sp³-hybridized carbons (Fsp3) is 0.300.